The Morgan fingerprint density at radius 3 is 2.35 bits per heavy atom. The standard InChI is InChI=1S/C27H48N8O2/c28-24-17-25(35-15-13-34(14-16-35)20-26(36)37)33-27(32-24)31-19-22-9-7-21(8-10-22)18-29-11-4-12-30-23-5-2-1-3-6-23/h17,21-23,29-30H,1-16,18-20H2,(H,36,37)(H3,28,31,32,33)/t21-,22-. The lowest BCUT2D eigenvalue weighted by Crippen LogP contribution is -2.48. The number of nitrogens with zero attached hydrogens (tertiary/aromatic N) is 4. The number of piperazine rings is 1. The van der Waals surface area contributed by atoms with E-state index in [4.69, 9.17) is 15.8 Å². The first kappa shape index (κ1) is 27.9. The number of carbonyl (C=O) groups is 1. The fourth-order valence-electron chi connectivity index (χ4n) is 6.03. The number of nitrogen functional groups attached to an aromatic ring is 1. The zero-order valence-electron chi connectivity index (χ0n) is 22.5. The Kier molecular flexibility index (Phi) is 11.1. The third-order valence-electron chi connectivity index (χ3n) is 8.30. The van der Waals surface area contributed by atoms with Crippen LogP contribution in [-0.4, -0.2) is 90.9 Å². The number of hydrogen-bond donors (Lipinski definition) is 5. The van der Waals surface area contributed by atoms with E-state index in [9.17, 15) is 4.79 Å². The number of aliphatic carboxylic acids is 1. The summed E-state index contributed by atoms with van der Waals surface area (Å²) >= 11 is 0. The lowest BCUT2D eigenvalue weighted by Gasteiger charge is -2.34. The van der Waals surface area contributed by atoms with Gasteiger partial charge in [-0.3, -0.25) is 9.69 Å². The summed E-state index contributed by atoms with van der Waals surface area (Å²) in [6.07, 6.45) is 13.2. The minimum Gasteiger partial charge on any atom is -0.480 e. The van der Waals surface area contributed by atoms with Crippen LogP contribution in [0.25, 0.3) is 0 Å². The molecule has 10 heteroatoms. The zero-order chi connectivity index (χ0) is 25.9. The van der Waals surface area contributed by atoms with Crippen LogP contribution in [-0.2, 0) is 4.79 Å². The first-order valence-electron chi connectivity index (χ1n) is 14.6. The maximum Gasteiger partial charge on any atom is 0.317 e. The average molecular weight is 517 g/mol. The first-order chi connectivity index (χ1) is 18.0. The number of rotatable bonds is 13. The number of hydrogen-bond acceptors (Lipinski definition) is 9. The molecule has 3 fully saturated rings. The molecule has 1 saturated heterocycles. The molecule has 208 valence electrons. The molecule has 0 radical (unpaired) electrons. The minimum absolute atomic E-state index is 0.0860. The summed E-state index contributed by atoms with van der Waals surface area (Å²) in [6, 6.07) is 2.57. The van der Waals surface area contributed by atoms with E-state index in [1.807, 2.05) is 11.0 Å². The van der Waals surface area contributed by atoms with Crippen molar-refractivity contribution >= 4 is 23.6 Å². The smallest absolute Gasteiger partial charge is 0.317 e. The van der Waals surface area contributed by atoms with Crippen molar-refractivity contribution < 1.29 is 9.90 Å². The number of nitrogens with two attached hydrogens (primary N) is 1. The van der Waals surface area contributed by atoms with Crippen LogP contribution >= 0.6 is 0 Å². The van der Waals surface area contributed by atoms with Gasteiger partial charge in [0.1, 0.15) is 11.6 Å². The van der Waals surface area contributed by atoms with E-state index in [1.54, 1.807) is 0 Å². The van der Waals surface area contributed by atoms with Crippen LogP contribution < -0.4 is 26.6 Å². The molecule has 0 spiro atoms. The predicted molar refractivity (Wildman–Crippen MR) is 149 cm³/mol. The van der Waals surface area contributed by atoms with Crippen molar-refractivity contribution in [2.75, 3.05) is 74.9 Å². The van der Waals surface area contributed by atoms with Gasteiger partial charge in [-0.25, -0.2) is 0 Å². The van der Waals surface area contributed by atoms with E-state index < -0.39 is 5.97 Å². The van der Waals surface area contributed by atoms with E-state index in [2.05, 4.69) is 25.8 Å². The molecule has 3 aliphatic rings. The summed E-state index contributed by atoms with van der Waals surface area (Å²) in [5, 5.41) is 19.9. The number of carboxylic acid groups (broad SMARTS) is 1. The fraction of sp³-hybridized carbons (Fsp3) is 0.815. The molecule has 1 aromatic rings. The third-order valence-corrected chi connectivity index (χ3v) is 8.30. The van der Waals surface area contributed by atoms with Gasteiger partial charge in [0.05, 0.1) is 6.54 Å². The molecule has 0 amide bonds. The molecule has 1 aliphatic heterocycles. The Morgan fingerprint density at radius 2 is 1.65 bits per heavy atom. The van der Waals surface area contributed by atoms with Gasteiger partial charge >= 0.3 is 5.97 Å². The van der Waals surface area contributed by atoms with Gasteiger partial charge in [0, 0.05) is 44.8 Å². The van der Waals surface area contributed by atoms with Gasteiger partial charge in [-0.1, -0.05) is 19.3 Å². The number of carboxylic acids is 1. The zero-order valence-corrected chi connectivity index (χ0v) is 22.5. The van der Waals surface area contributed by atoms with Gasteiger partial charge in [0.2, 0.25) is 5.95 Å². The monoisotopic (exact) mass is 516 g/mol. The number of aromatic nitrogens is 2. The van der Waals surface area contributed by atoms with E-state index in [0.29, 0.717) is 30.8 Å². The topological polar surface area (TPSA) is 132 Å². The molecule has 0 atom stereocenters. The molecule has 6 N–H and O–H groups in total. The van der Waals surface area contributed by atoms with Gasteiger partial charge in [0.15, 0.2) is 0 Å². The molecule has 2 saturated carbocycles. The number of anilines is 3. The lowest BCUT2D eigenvalue weighted by atomic mass is 9.82. The Hall–Kier alpha value is -2.17. The van der Waals surface area contributed by atoms with Crippen LogP contribution in [0.1, 0.15) is 64.2 Å². The second-order valence-corrected chi connectivity index (χ2v) is 11.2. The van der Waals surface area contributed by atoms with Crippen LogP contribution in [0.3, 0.4) is 0 Å². The Labute approximate surface area is 222 Å². The summed E-state index contributed by atoms with van der Waals surface area (Å²) in [5.74, 6) is 2.52. The number of nitrogens with one attached hydrogen (secondary N) is 3. The van der Waals surface area contributed by atoms with Crippen LogP contribution in [0.5, 0.6) is 0 Å². The highest BCUT2D eigenvalue weighted by Gasteiger charge is 2.23. The molecule has 0 bridgehead atoms. The van der Waals surface area contributed by atoms with Crippen LogP contribution in [0.15, 0.2) is 6.07 Å². The second kappa shape index (κ2) is 14.7. The largest absolute Gasteiger partial charge is 0.480 e. The fourth-order valence-corrected chi connectivity index (χ4v) is 6.03. The van der Waals surface area contributed by atoms with E-state index in [-0.39, 0.29) is 6.54 Å². The first-order valence-corrected chi connectivity index (χ1v) is 14.6. The van der Waals surface area contributed by atoms with Crippen molar-refractivity contribution in [2.24, 2.45) is 11.8 Å². The minimum atomic E-state index is -0.783. The molecular formula is C27H48N8O2. The van der Waals surface area contributed by atoms with Crippen LogP contribution in [0.2, 0.25) is 0 Å². The second-order valence-electron chi connectivity index (χ2n) is 11.2. The maximum atomic E-state index is 10.9. The molecule has 0 unspecified atom stereocenters. The summed E-state index contributed by atoms with van der Waals surface area (Å²) < 4.78 is 0. The highest BCUT2D eigenvalue weighted by atomic mass is 16.4. The molecule has 37 heavy (non-hydrogen) atoms. The SMILES string of the molecule is Nc1cc(N2CCN(CC(=O)O)CC2)nc(NC[C@H]2CC[C@H](CNCCCNC3CCCCC3)CC2)n1. The Balaban J connectivity index is 1.09. The van der Waals surface area contributed by atoms with E-state index >= 15 is 0 Å². The molecule has 10 nitrogen and oxygen atoms in total. The van der Waals surface area contributed by atoms with Crippen LogP contribution in [0.4, 0.5) is 17.6 Å². The van der Waals surface area contributed by atoms with Crippen molar-refractivity contribution in [1.82, 2.24) is 25.5 Å². The summed E-state index contributed by atoms with van der Waals surface area (Å²) in [6.45, 7) is 7.24. The average Bonchev–Trinajstić information content (AvgIpc) is 2.90. The van der Waals surface area contributed by atoms with Crippen LogP contribution in [0, 0.1) is 11.8 Å². The molecule has 0 aromatic carbocycles. The quantitative estimate of drug-likeness (QED) is 0.249. The van der Waals surface area contributed by atoms with Crippen molar-refractivity contribution in [1.29, 1.82) is 0 Å². The molecule has 2 aliphatic carbocycles. The van der Waals surface area contributed by atoms with E-state index in [0.717, 1.165) is 57.0 Å². The molecular weight excluding hydrogens is 468 g/mol. The molecule has 4 rings (SSSR count). The normalized spacial score (nSPS) is 23.7. The summed E-state index contributed by atoms with van der Waals surface area (Å²) in [4.78, 5) is 24.2. The van der Waals surface area contributed by atoms with Gasteiger partial charge in [0.25, 0.3) is 0 Å². The molecule has 1 aromatic heterocycles. The van der Waals surface area contributed by atoms with Crippen molar-refractivity contribution in [3.63, 3.8) is 0 Å². The predicted octanol–water partition coefficient (Wildman–Crippen LogP) is 2.39. The lowest BCUT2D eigenvalue weighted by molar-refractivity contribution is -0.138. The van der Waals surface area contributed by atoms with Gasteiger partial charge in [-0.2, -0.15) is 9.97 Å². The van der Waals surface area contributed by atoms with Crippen molar-refractivity contribution in [3.8, 4) is 0 Å². The summed E-state index contributed by atoms with van der Waals surface area (Å²) in [5.41, 5.74) is 6.08. The maximum absolute atomic E-state index is 10.9. The van der Waals surface area contributed by atoms with Gasteiger partial charge in [-0.05, 0) is 76.4 Å². The van der Waals surface area contributed by atoms with Gasteiger partial charge in [-0.15, -0.1) is 0 Å². The van der Waals surface area contributed by atoms with Gasteiger partial charge < -0.3 is 31.7 Å². The molecule has 2 heterocycles. The van der Waals surface area contributed by atoms with Crippen molar-refractivity contribution in [2.45, 2.75) is 70.3 Å². The third kappa shape index (κ3) is 9.57. The Morgan fingerprint density at radius 1 is 0.946 bits per heavy atom. The van der Waals surface area contributed by atoms with E-state index in [1.165, 1.54) is 64.2 Å². The Bertz CT molecular complexity index is 819. The highest BCUT2D eigenvalue weighted by Crippen LogP contribution is 2.29. The highest BCUT2D eigenvalue weighted by molar-refractivity contribution is 5.69. The van der Waals surface area contributed by atoms with Crippen molar-refractivity contribution in [3.05, 3.63) is 6.07 Å². The summed E-state index contributed by atoms with van der Waals surface area (Å²) in [7, 11) is 0.